The van der Waals surface area contributed by atoms with Gasteiger partial charge in [0.25, 0.3) is 0 Å². The second-order valence-corrected chi connectivity index (χ2v) is 8.17. The number of unbranched alkanes of at least 4 members (excludes halogenated alkanes) is 4. The van der Waals surface area contributed by atoms with Crippen LogP contribution in [-0.2, 0) is 6.54 Å². The minimum Gasteiger partial charge on any atom is -0.497 e. The highest BCUT2D eigenvalue weighted by atomic mass is 35.5. The third-order valence-corrected chi connectivity index (χ3v) is 5.84. The standard InChI is InChI=1S/C24H31ClFNO2/c1-3-4-5-6-7-8-19-14-23(20-11-10-18(28-2)15-24(20)29-19)27-16-17-9-12-22(26)21(25)13-17/h9-13,15,19,23,27H,3-8,14,16H2,1-2H3. The molecule has 0 aromatic heterocycles. The number of hydrogen-bond donors (Lipinski definition) is 1. The van der Waals surface area contributed by atoms with Crippen molar-refractivity contribution in [3.05, 3.63) is 58.4 Å². The van der Waals surface area contributed by atoms with Crippen molar-refractivity contribution in [2.45, 2.75) is 70.6 Å². The van der Waals surface area contributed by atoms with E-state index in [-0.39, 0.29) is 23.0 Å². The normalized spacial score (nSPS) is 18.2. The van der Waals surface area contributed by atoms with E-state index in [1.54, 1.807) is 19.2 Å². The van der Waals surface area contributed by atoms with Crippen LogP contribution in [0.4, 0.5) is 4.39 Å². The van der Waals surface area contributed by atoms with E-state index in [0.29, 0.717) is 6.54 Å². The lowest BCUT2D eigenvalue weighted by Gasteiger charge is -2.33. The Morgan fingerprint density at radius 3 is 2.72 bits per heavy atom. The van der Waals surface area contributed by atoms with Crippen LogP contribution in [0.15, 0.2) is 36.4 Å². The zero-order chi connectivity index (χ0) is 20.6. The summed E-state index contributed by atoms with van der Waals surface area (Å²) >= 11 is 5.93. The number of fused-ring (bicyclic) bond motifs is 1. The average Bonchev–Trinajstić information content (AvgIpc) is 2.73. The van der Waals surface area contributed by atoms with Crippen LogP contribution in [0.2, 0.25) is 5.02 Å². The zero-order valence-corrected chi connectivity index (χ0v) is 18.1. The first-order valence-electron chi connectivity index (χ1n) is 10.6. The molecule has 5 heteroatoms. The lowest BCUT2D eigenvalue weighted by Crippen LogP contribution is -2.32. The number of hydrogen-bond acceptors (Lipinski definition) is 3. The highest BCUT2D eigenvalue weighted by molar-refractivity contribution is 6.30. The van der Waals surface area contributed by atoms with Crippen molar-refractivity contribution in [2.24, 2.45) is 0 Å². The zero-order valence-electron chi connectivity index (χ0n) is 17.3. The Hall–Kier alpha value is -1.78. The molecule has 0 saturated carbocycles. The number of halogens is 2. The van der Waals surface area contributed by atoms with Crippen molar-refractivity contribution in [3.8, 4) is 11.5 Å². The van der Waals surface area contributed by atoms with E-state index < -0.39 is 0 Å². The van der Waals surface area contributed by atoms with Gasteiger partial charge in [-0.25, -0.2) is 4.39 Å². The molecule has 0 amide bonds. The molecule has 2 atom stereocenters. The SMILES string of the molecule is CCCCCCCC1CC(NCc2ccc(F)c(Cl)c2)c2ccc(OC)cc2O1. The van der Waals surface area contributed by atoms with E-state index in [2.05, 4.69) is 18.3 Å². The maximum atomic E-state index is 13.4. The summed E-state index contributed by atoms with van der Waals surface area (Å²) in [5.41, 5.74) is 2.11. The van der Waals surface area contributed by atoms with Gasteiger partial charge in [-0.2, -0.15) is 0 Å². The van der Waals surface area contributed by atoms with E-state index in [0.717, 1.165) is 35.5 Å². The first-order valence-corrected chi connectivity index (χ1v) is 11.0. The molecule has 1 aliphatic heterocycles. The molecular formula is C24H31ClFNO2. The Morgan fingerprint density at radius 1 is 1.14 bits per heavy atom. The summed E-state index contributed by atoms with van der Waals surface area (Å²) in [6.45, 7) is 2.86. The van der Waals surface area contributed by atoms with Gasteiger partial charge >= 0.3 is 0 Å². The predicted molar refractivity (Wildman–Crippen MR) is 116 cm³/mol. The minimum absolute atomic E-state index is 0.159. The molecule has 0 saturated heterocycles. The molecule has 29 heavy (non-hydrogen) atoms. The molecule has 1 N–H and O–H groups in total. The van der Waals surface area contributed by atoms with Crippen LogP contribution in [0.3, 0.4) is 0 Å². The van der Waals surface area contributed by atoms with Gasteiger partial charge < -0.3 is 14.8 Å². The lowest BCUT2D eigenvalue weighted by molar-refractivity contribution is 0.137. The number of rotatable bonds is 10. The topological polar surface area (TPSA) is 30.5 Å². The van der Waals surface area contributed by atoms with Gasteiger partial charge in [-0.1, -0.05) is 56.3 Å². The smallest absolute Gasteiger partial charge is 0.141 e. The van der Waals surface area contributed by atoms with E-state index in [4.69, 9.17) is 21.1 Å². The van der Waals surface area contributed by atoms with Crippen LogP contribution in [-0.4, -0.2) is 13.2 Å². The maximum Gasteiger partial charge on any atom is 0.141 e. The van der Waals surface area contributed by atoms with E-state index in [1.807, 2.05) is 12.1 Å². The summed E-state index contributed by atoms with van der Waals surface area (Å²) in [5, 5.41) is 3.78. The third-order valence-electron chi connectivity index (χ3n) is 5.55. The fourth-order valence-corrected chi connectivity index (χ4v) is 4.09. The quantitative estimate of drug-likeness (QED) is 0.428. The second kappa shape index (κ2) is 10.8. The number of ether oxygens (including phenoxy) is 2. The average molecular weight is 420 g/mol. The Balaban J connectivity index is 1.67. The molecular weight excluding hydrogens is 389 g/mol. The Morgan fingerprint density at radius 2 is 1.97 bits per heavy atom. The Kier molecular flexibility index (Phi) is 8.19. The van der Waals surface area contributed by atoms with Gasteiger partial charge in [0.15, 0.2) is 0 Å². The fourth-order valence-electron chi connectivity index (χ4n) is 3.89. The molecule has 0 radical (unpaired) electrons. The Bertz CT molecular complexity index is 798. The summed E-state index contributed by atoms with van der Waals surface area (Å²) in [4.78, 5) is 0. The van der Waals surface area contributed by atoms with Crippen LogP contribution in [0.5, 0.6) is 11.5 Å². The minimum atomic E-state index is -0.387. The molecule has 1 heterocycles. The highest BCUT2D eigenvalue weighted by Gasteiger charge is 2.28. The van der Waals surface area contributed by atoms with Gasteiger partial charge in [0.05, 0.1) is 12.1 Å². The molecule has 0 aliphatic carbocycles. The van der Waals surface area contributed by atoms with Gasteiger partial charge in [0.1, 0.15) is 23.4 Å². The van der Waals surface area contributed by atoms with Crippen LogP contribution in [0, 0.1) is 5.82 Å². The summed E-state index contributed by atoms with van der Waals surface area (Å²) < 4.78 is 25.1. The maximum absolute atomic E-state index is 13.4. The lowest BCUT2D eigenvalue weighted by atomic mass is 9.93. The van der Waals surface area contributed by atoms with Crippen molar-refractivity contribution in [1.82, 2.24) is 5.32 Å². The number of methoxy groups -OCH3 is 1. The molecule has 1 aliphatic rings. The first kappa shape index (κ1) is 21.9. The summed E-state index contributed by atoms with van der Waals surface area (Å²) in [5.74, 6) is 1.31. The first-order chi connectivity index (χ1) is 14.1. The molecule has 0 fully saturated rings. The van der Waals surface area contributed by atoms with Crippen LogP contribution in [0.1, 0.15) is 69.0 Å². The molecule has 2 unspecified atom stereocenters. The van der Waals surface area contributed by atoms with Gasteiger partial charge in [-0.3, -0.25) is 0 Å². The predicted octanol–water partition coefficient (Wildman–Crippen LogP) is 6.83. The monoisotopic (exact) mass is 419 g/mol. The molecule has 2 aromatic carbocycles. The van der Waals surface area contributed by atoms with Crippen molar-refractivity contribution < 1.29 is 13.9 Å². The molecule has 158 valence electrons. The fraction of sp³-hybridized carbons (Fsp3) is 0.500. The van der Waals surface area contributed by atoms with Gasteiger partial charge in [-0.05, 0) is 36.6 Å². The van der Waals surface area contributed by atoms with Crippen molar-refractivity contribution in [1.29, 1.82) is 0 Å². The van der Waals surface area contributed by atoms with E-state index in [1.165, 1.54) is 38.2 Å². The van der Waals surface area contributed by atoms with Crippen molar-refractivity contribution in [2.75, 3.05) is 7.11 Å². The van der Waals surface area contributed by atoms with Gasteiger partial charge in [0, 0.05) is 30.6 Å². The highest BCUT2D eigenvalue weighted by Crippen LogP contribution is 2.38. The van der Waals surface area contributed by atoms with Crippen LogP contribution in [0.25, 0.3) is 0 Å². The molecule has 3 nitrogen and oxygen atoms in total. The molecule has 3 rings (SSSR count). The molecule has 0 spiro atoms. The van der Waals surface area contributed by atoms with Gasteiger partial charge in [-0.15, -0.1) is 0 Å². The van der Waals surface area contributed by atoms with Crippen LogP contribution >= 0.6 is 11.6 Å². The number of benzene rings is 2. The summed E-state index contributed by atoms with van der Waals surface area (Å²) in [6.07, 6.45) is 8.45. The van der Waals surface area contributed by atoms with Crippen molar-refractivity contribution >= 4 is 11.6 Å². The Labute approximate surface area is 178 Å². The molecule has 2 aromatic rings. The largest absolute Gasteiger partial charge is 0.497 e. The van der Waals surface area contributed by atoms with Gasteiger partial charge in [0.2, 0.25) is 0 Å². The number of nitrogens with one attached hydrogen (secondary N) is 1. The molecule has 0 bridgehead atoms. The second-order valence-electron chi connectivity index (χ2n) is 7.76. The van der Waals surface area contributed by atoms with E-state index in [9.17, 15) is 4.39 Å². The van der Waals surface area contributed by atoms with Crippen molar-refractivity contribution in [3.63, 3.8) is 0 Å². The van der Waals surface area contributed by atoms with Crippen LogP contribution < -0.4 is 14.8 Å². The van der Waals surface area contributed by atoms with E-state index >= 15 is 0 Å². The third kappa shape index (κ3) is 6.10. The summed E-state index contributed by atoms with van der Waals surface area (Å²) in [7, 11) is 1.67. The summed E-state index contributed by atoms with van der Waals surface area (Å²) in [6, 6.07) is 11.1.